The summed E-state index contributed by atoms with van der Waals surface area (Å²) in [5, 5.41) is 5.80. The maximum absolute atomic E-state index is 13.8. The highest BCUT2D eigenvalue weighted by molar-refractivity contribution is 6.99. The van der Waals surface area contributed by atoms with E-state index in [1.807, 2.05) is 12.1 Å². The van der Waals surface area contributed by atoms with Crippen LogP contribution in [-0.2, 0) is 25.3 Å². The third-order valence-corrected chi connectivity index (χ3v) is 17.1. The fourth-order valence-corrected chi connectivity index (χ4v) is 13.2. The molecule has 3 aromatic carbocycles. The second-order valence-corrected chi connectivity index (χ2v) is 22.6. The van der Waals surface area contributed by atoms with Gasteiger partial charge in [0.1, 0.15) is 5.75 Å². The Morgan fingerprint density at radius 1 is 0.672 bits per heavy atom. The number of methoxy groups -OCH3 is 2. The minimum atomic E-state index is -2.83. The molecular weight excluding hydrogens is 773 g/mol. The lowest BCUT2D eigenvalue weighted by Gasteiger charge is -2.44. The van der Waals surface area contributed by atoms with Crippen molar-refractivity contribution in [3.05, 3.63) is 90.5 Å². The Morgan fingerprint density at radius 2 is 1.20 bits per heavy atom. The van der Waals surface area contributed by atoms with Crippen LogP contribution in [0.1, 0.15) is 162 Å². The van der Waals surface area contributed by atoms with Crippen LogP contribution < -0.4 is 20.4 Å². The number of carbonyl (C=O) groups is 1. The summed E-state index contributed by atoms with van der Waals surface area (Å²) < 4.78 is 25.3. The third-order valence-electron chi connectivity index (χ3n) is 12.1. The number of unbranched alkanes of at least 4 members (excludes halogenated alkanes) is 14. The first-order chi connectivity index (χ1) is 29.7. The molecule has 0 aliphatic rings. The molecule has 0 bridgehead atoms. The summed E-state index contributed by atoms with van der Waals surface area (Å²) in [5.74, 6) is 0.961. The van der Waals surface area contributed by atoms with E-state index in [1.54, 1.807) is 14.2 Å². The minimum absolute atomic E-state index is 0.108. The van der Waals surface area contributed by atoms with Crippen molar-refractivity contribution < 1.29 is 23.4 Å². The molecule has 2 atom stereocenters. The van der Waals surface area contributed by atoms with E-state index in [0.717, 1.165) is 50.0 Å². The molecule has 0 aliphatic carbocycles. The van der Waals surface area contributed by atoms with Gasteiger partial charge in [0.05, 0.1) is 39.2 Å². The Morgan fingerprint density at radius 3 is 1.70 bits per heavy atom. The first kappa shape index (κ1) is 52.3. The zero-order valence-electron chi connectivity index (χ0n) is 39.7. The lowest BCUT2D eigenvalue weighted by Crippen LogP contribution is -2.67. The molecule has 1 N–H and O–H groups in total. The Kier molecular flexibility index (Phi) is 26.5. The van der Waals surface area contributed by atoms with Crippen LogP contribution in [0, 0.1) is 0 Å². The number of nitrogens with zero attached hydrogens (tertiary/aromatic N) is 1. The second kappa shape index (κ2) is 30.9. The zero-order valence-corrected chi connectivity index (χ0v) is 40.7. The summed E-state index contributed by atoms with van der Waals surface area (Å²) in [7, 11) is 0.629. The van der Waals surface area contributed by atoms with Gasteiger partial charge in [0.2, 0.25) is 5.91 Å². The summed E-state index contributed by atoms with van der Waals surface area (Å²) in [6.45, 7) is 14.3. The largest absolute Gasteiger partial charge is 0.497 e. The molecule has 0 heterocycles. The van der Waals surface area contributed by atoms with Gasteiger partial charge in [0.15, 0.2) is 0 Å². The topological polar surface area (TPSA) is 69.3 Å². The lowest BCUT2D eigenvalue weighted by atomic mass is 10.1. The van der Waals surface area contributed by atoms with Crippen LogP contribution >= 0.6 is 0 Å². The fraction of sp³-hybridized carbons (Fsp3) is 0.642. The van der Waals surface area contributed by atoms with Gasteiger partial charge in [0.25, 0.3) is 8.32 Å². The monoisotopic (exact) mass is 859 g/mol. The predicted octanol–water partition coefficient (Wildman–Crippen LogP) is 12.0. The number of rotatable bonds is 35. The summed E-state index contributed by atoms with van der Waals surface area (Å²) >= 11 is 0. The molecule has 0 fully saturated rings. The van der Waals surface area contributed by atoms with Crippen LogP contribution in [0.4, 0.5) is 0 Å². The van der Waals surface area contributed by atoms with E-state index in [9.17, 15) is 4.79 Å². The lowest BCUT2D eigenvalue weighted by molar-refractivity contribution is -0.122. The highest BCUT2D eigenvalue weighted by atomic mass is 28.4. The molecule has 0 aromatic heterocycles. The highest BCUT2D eigenvalue weighted by Crippen LogP contribution is 2.37. The molecule has 342 valence electrons. The normalized spacial score (nSPS) is 13.0. The van der Waals surface area contributed by atoms with Gasteiger partial charge in [-0.25, -0.2) is 0 Å². The summed E-state index contributed by atoms with van der Waals surface area (Å²) in [5.41, 5.74) is 1.14. The van der Waals surface area contributed by atoms with Crippen LogP contribution in [0.15, 0.2) is 84.9 Å². The Labute approximate surface area is 374 Å². The molecule has 0 saturated carbocycles. The zero-order chi connectivity index (χ0) is 44.0. The van der Waals surface area contributed by atoms with Crippen molar-refractivity contribution in [1.82, 2.24) is 10.2 Å². The highest BCUT2D eigenvalue weighted by Gasteiger charge is 2.50. The Hall–Kier alpha value is -3.01. The molecule has 1 amide bonds. The van der Waals surface area contributed by atoms with Crippen LogP contribution in [0.3, 0.4) is 0 Å². The molecule has 8 heteroatoms. The number of benzene rings is 3. The average Bonchev–Trinajstić information content (AvgIpc) is 3.26. The predicted molar refractivity (Wildman–Crippen MR) is 260 cm³/mol. The summed E-state index contributed by atoms with van der Waals surface area (Å²) in [6, 6.07) is 29.5. The Bertz CT molecular complexity index is 1480. The molecule has 0 aliphatic heterocycles. The molecule has 0 spiro atoms. The van der Waals surface area contributed by atoms with E-state index in [4.69, 9.17) is 18.6 Å². The van der Waals surface area contributed by atoms with Crippen LogP contribution in [0.2, 0.25) is 5.04 Å². The van der Waals surface area contributed by atoms with E-state index in [2.05, 4.69) is 118 Å². The summed E-state index contributed by atoms with van der Waals surface area (Å²) in [4.78, 5) is 16.1. The maximum atomic E-state index is 13.8. The van der Waals surface area contributed by atoms with Gasteiger partial charge in [-0.1, -0.05) is 204 Å². The third kappa shape index (κ3) is 19.9. The van der Waals surface area contributed by atoms with Crippen molar-refractivity contribution in [2.75, 3.05) is 40.6 Å². The summed E-state index contributed by atoms with van der Waals surface area (Å²) in [6.07, 6.45) is 22.6. The first-order valence-corrected chi connectivity index (χ1v) is 26.1. The van der Waals surface area contributed by atoms with Gasteiger partial charge in [-0.05, 0) is 52.4 Å². The van der Waals surface area contributed by atoms with Crippen molar-refractivity contribution in [3.8, 4) is 5.75 Å². The van der Waals surface area contributed by atoms with Crippen LogP contribution in [0.25, 0.3) is 0 Å². The Balaban J connectivity index is 1.77. The number of hydrogen-bond acceptors (Lipinski definition) is 6. The van der Waals surface area contributed by atoms with Gasteiger partial charge in [0, 0.05) is 26.6 Å². The molecule has 2 unspecified atom stereocenters. The molecule has 3 aromatic rings. The number of carbonyl (C=O) groups excluding carboxylic acids is 1. The van der Waals surface area contributed by atoms with E-state index in [-0.39, 0.29) is 23.1 Å². The first-order valence-electron chi connectivity index (χ1n) is 24.2. The smallest absolute Gasteiger partial charge is 0.261 e. The standard InChI is InChI=1S/C53H86N2O5Si/c1-8-10-12-14-15-16-17-18-19-21-29-35-52(56)54-47(44-60-61(53(3,4)5,50-31-25-22-26-32-50)51-33-27-23-28-34-51)42-55(45-57-6)41-40-49(30-24-20-13-11-9-2)59-43-46-36-38-48(58-7)39-37-46/h22-23,25-28,31-34,36-39,47,49H,8-21,24,29-30,35,40-45H2,1-7H3,(H,54,56). The average molecular weight is 859 g/mol. The van der Waals surface area contributed by atoms with Gasteiger partial charge < -0.3 is 24.0 Å². The van der Waals surface area contributed by atoms with E-state index in [1.165, 1.54) is 93.8 Å². The quantitative estimate of drug-likeness (QED) is 0.0361. The van der Waals surface area contributed by atoms with Crippen molar-refractivity contribution in [3.63, 3.8) is 0 Å². The molecule has 0 radical (unpaired) electrons. The molecule has 3 rings (SSSR count). The molecule has 7 nitrogen and oxygen atoms in total. The number of ether oxygens (including phenoxy) is 3. The SMILES string of the molecule is CCCCCCCCCCCCCC(=O)NC(CO[Si](c1ccccc1)(c1ccccc1)C(C)(C)C)CN(CCC(CCCCCCC)OCc1ccc(OC)cc1)COC. The van der Waals surface area contributed by atoms with Gasteiger partial charge in [-0.3, -0.25) is 9.69 Å². The van der Waals surface area contributed by atoms with Crippen LogP contribution in [0.5, 0.6) is 5.75 Å². The molecular formula is C53H86N2O5Si. The van der Waals surface area contributed by atoms with Crippen molar-refractivity contribution in [1.29, 1.82) is 0 Å². The van der Waals surface area contributed by atoms with Crippen molar-refractivity contribution in [2.24, 2.45) is 0 Å². The van der Waals surface area contributed by atoms with Gasteiger partial charge in [-0.15, -0.1) is 0 Å². The van der Waals surface area contributed by atoms with E-state index < -0.39 is 8.32 Å². The number of nitrogens with one attached hydrogen (secondary N) is 1. The molecule has 0 saturated heterocycles. The van der Waals surface area contributed by atoms with E-state index >= 15 is 0 Å². The molecule has 61 heavy (non-hydrogen) atoms. The van der Waals surface area contributed by atoms with Gasteiger partial charge in [-0.2, -0.15) is 0 Å². The number of hydrogen-bond donors (Lipinski definition) is 1. The fourth-order valence-electron chi connectivity index (χ4n) is 8.63. The van der Waals surface area contributed by atoms with Crippen molar-refractivity contribution in [2.45, 2.75) is 180 Å². The number of amides is 1. The minimum Gasteiger partial charge on any atom is -0.497 e. The maximum Gasteiger partial charge on any atom is 0.261 e. The second-order valence-electron chi connectivity index (χ2n) is 18.3. The van der Waals surface area contributed by atoms with E-state index in [0.29, 0.717) is 32.9 Å². The van der Waals surface area contributed by atoms with Gasteiger partial charge >= 0.3 is 0 Å². The van der Waals surface area contributed by atoms with Crippen LogP contribution in [-0.4, -0.2) is 71.9 Å². The van der Waals surface area contributed by atoms with Crippen molar-refractivity contribution >= 4 is 24.6 Å².